The maximum Gasteiger partial charge on any atom is 0.261 e. The Morgan fingerprint density at radius 3 is 2.15 bits per heavy atom. The Kier molecular flexibility index (Phi) is 7.28. The molecule has 2 N–H and O–H groups in total. The van der Waals surface area contributed by atoms with Gasteiger partial charge in [-0.2, -0.15) is 0 Å². The van der Waals surface area contributed by atoms with Crippen molar-refractivity contribution < 1.29 is 22.7 Å². The zero-order valence-corrected chi connectivity index (χ0v) is 20.1. The van der Waals surface area contributed by atoms with Gasteiger partial charge in [-0.3, -0.25) is 9.52 Å². The van der Waals surface area contributed by atoms with Crippen LogP contribution in [0.4, 0.5) is 11.4 Å². The second-order valence-electron chi connectivity index (χ2n) is 7.91. The van der Waals surface area contributed by atoms with Crippen LogP contribution in [0.5, 0.6) is 11.5 Å². The first-order chi connectivity index (χ1) is 15.6. The summed E-state index contributed by atoms with van der Waals surface area (Å²) in [6.45, 7) is 7.51. The molecule has 1 amide bonds. The molecule has 3 aromatic carbocycles. The van der Waals surface area contributed by atoms with Gasteiger partial charge in [-0.05, 0) is 93.4 Å². The summed E-state index contributed by atoms with van der Waals surface area (Å²) in [6, 6.07) is 16.4. The fourth-order valence-corrected chi connectivity index (χ4v) is 4.28. The number of benzene rings is 3. The van der Waals surface area contributed by atoms with E-state index >= 15 is 0 Å². The van der Waals surface area contributed by atoms with Crippen molar-refractivity contribution in [2.24, 2.45) is 0 Å². The average Bonchev–Trinajstić information content (AvgIpc) is 2.75. The van der Waals surface area contributed by atoms with E-state index in [1.165, 1.54) is 19.2 Å². The highest BCUT2D eigenvalue weighted by Crippen LogP contribution is 2.25. The van der Waals surface area contributed by atoms with Gasteiger partial charge in [-0.1, -0.05) is 6.07 Å². The third kappa shape index (κ3) is 6.04. The van der Waals surface area contributed by atoms with Crippen molar-refractivity contribution in [2.45, 2.75) is 38.7 Å². The van der Waals surface area contributed by atoms with Gasteiger partial charge >= 0.3 is 0 Å². The molecule has 3 aromatic rings. The fraction of sp³-hybridized carbons (Fsp3) is 0.240. The maximum atomic E-state index is 13.0. The number of aryl methyl sites for hydroxylation is 2. The maximum absolute atomic E-state index is 13.0. The zero-order chi connectivity index (χ0) is 24.2. The zero-order valence-electron chi connectivity index (χ0n) is 19.3. The second kappa shape index (κ2) is 9.95. The van der Waals surface area contributed by atoms with Crippen molar-refractivity contribution in [3.63, 3.8) is 0 Å². The molecule has 0 spiro atoms. The third-order valence-electron chi connectivity index (χ3n) is 4.92. The molecule has 0 aromatic heterocycles. The van der Waals surface area contributed by atoms with Crippen molar-refractivity contribution in [3.05, 3.63) is 77.4 Å². The molecule has 3 rings (SSSR count). The molecule has 0 aliphatic rings. The van der Waals surface area contributed by atoms with E-state index in [9.17, 15) is 13.2 Å². The molecule has 174 valence electrons. The Morgan fingerprint density at radius 1 is 0.879 bits per heavy atom. The number of nitrogens with one attached hydrogen (secondary N) is 2. The summed E-state index contributed by atoms with van der Waals surface area (Å²) in [4.78, 5) is 13.0. The number of carbonyl (C=O) groups excluding carboxylic acids is 1. The number of sulfonamides is 1. The summed E-state index contributed by atoms with van der Waals surface area (Å²) in [7, 11) is -2.36. The van der Waals surface area contributed by atoms with Crippen LogP contribution < -0.4 is 19.5 Å². The standard InChI is InChI=1S/C25H28N2O5S/c1-16(2)32-21-11-13-24(18(4)14-21)26-25(28)23-15-22(12-6-17(23)3)33(29,30)27-19-7-9-20(31-5)10-8-19/h6-16,27H,1-5H3,(H,26,28). The first-order valence-electron chi connectivity index (χ1n) is 10.5. The average molecular weight is 469 g/mol. The quantitative estimate of drug-likeness (QED) is 0.477. The van der Waals surface area contributed by atoms with Crippen molar-refractivity contribution in [1.29, 1.82) is 0 Å². The van der Waals surface area contributed by atoms with Gasteiger partial charge in [-0.25, -0.2) is 8.42 Å². The molecule has 0 heterocycles. The van der Waals surface area contributed by atoms with E-state index in [1.54, 1.807) is 49.4 Å². The SMILES string of the molecule is COc1ccc(NS(=O)(=O)c2ccc(C)c(C(=O)Nc3ccc(OC(C)C)cc3C)c2)cc1. The minimum atomic E-state index is -3.89. The summed E-state index contributed by atoms with van der Waals surface area (Å²) >= 11 is 0. The van der Waals surface area contributed by atoms with Crippen LogP contribution in [-0.4, -0.2) is 27.5 Å². The molecule has 0 aliphatic carbocycles. The number of rotatable bonds is 8. The molecule has 33 heavy (non-hydrogen) atoms. The monoisotopic (exact) mass is 468 g/mol. The molecule has 0 atom stereocenters. The molecule has 8 heteroatoms. The highest BCUT2D eigenvalue weighted by atomic mass is 32.2. The minimum absolute atomic E-state index is 0.00790. The Bertz CT molecular complexity index is 1250. The van der Waals surface area contributed by atoms with Crippen LogP contribution in [0.3, 0.4) is 0 Å². The lowest BCUT2D eigenvalue weighted by molar-refractivity contribution is 0.102. The Hall–Kier alpha value is -3.52. The molecule has 0 saturated heterocycles. The molecule has 0 bridgehead atoms. The summed E-state index contributed by atoms with van der Waals surface area (Å²) < 4.78 is 39.1. The smallest absolute Gasteiger partial charge is 0.261 e. The van der Waals surface area contributed by atoms with E-state index in [4.69, 9.17) is 9.47 Å². The number of amides is 1. The number of methoxy groups -OCH3 is 1. The van der Waals surface area contributed by atoms with Gasteiger partial charge in [0.15, 0.2) is 0 Å². The normalized spacial score (nSPS) is 11.2. The van der Waals surface area contributed by atoms with Crippen LogP contribution in [0.15, 0.2) is 65.6 Å². The summed E-state index contributed by atoms with van der Waals surface area (Å²) in [6.07, 6.45) is 0.0451. The molecule has 0 saturated carbocycles. The highest BCUT2D eigenvalue weighted by molar-refractivity contribution is 7.92. The summed E-state index contributed by atoms with van der Waals surface area (Å²) in [5, 5.41) is 2.87. The summed E-state index contributed by atoms with van der Waals surface area (Å²) in [5.41, 5.74) is 2.79. The van der Waals surface area contributed by atoms with Crippen molar-refractivity contribution in [1.82, 2.24) is 0 Å². The fourth-order valence-electron chi connectivity index (χ4n) is 3.20. The topological polar surface area (TPSA) is 93.7 Å². The summed E-state index contributed by atoms with van der Waals surface area (Å²) in [5.74, 6) is 0.940. The molecule has 0 unspecified atom stereocenters. The predicted molar refractivity (Wildman–Crippen MR) is 130 cm³/mol. The van der Waals surface area contributed by atoms with Crippen LogP contribution in [-0.2, 0) is 10.0 Å². The van der Waals surface area contributed by atoms with Crippen LogP contribution in [0.25, 0.3) is 0 Å². The van der Waals surface area contributed by atoms with E-state index in [1.807, 2.05) is 26.8 Å². The number of hydrogen-bond donors (Lipinski definition) is 2. The van der Waals surface area contributed by atoms with E-state index in [0.717, 1.165) is 11.3 Å². The lowest BCUT2D eigenvalue weighted by Gasteiger charge is -2.15. The first kappa shape index (κ1) is 24.1. The van der Waals surface area contributed by atoms with Gasteiger partial charge in [-0.15, -0.1) is 0 Å². The molecule has 0 fully saturated rings. The van der Waals surface area contributed by atoms with Gasteiger partial charge < -0.3 is 14.8 Å². The number of hydrogen-bond acceptors (Lipinski definition) is 5. The lowest BCUT2D eigenvalue weighted by atomic mass is 10.1. The van der Waals surface area contributed by atoms with Gasteiger partial charge in [0.05, 0.1) is 18.1 Å². The van der Waals surface area contributed by atoms with Crippen LogP contribution in [0.2, 0.25) is 0 Å². The van der Waals surface area contributed by atoms with Crippen LogP contribution in [0.1, 0.15) is 35.3 Å². The van der Waals surface area contributed by atoms with Crippen molar-refractivity contribution in [3.8, 4) is 11.5 Å². The predicted octanol–water partition coefficient (Wildman–Crippen LogP) is 5.15. The van der Waals surface area contributed by atoms with Gasteiger partial charge in [0, 0.05) is 16.9 Å². The van der Waals surface area contributed by atoms with E-state index in [-0.39, 0.29) is 16.6 Å². The molecular weight excluding hydrogens is 440 g/mol. The van der Waals surface area contributed by atoms with Gasteiger partial charge in [0.2, 0.25) is 0 Å². The minimum Gasteiger partial charge on any atom is -0.497 e. The first-order valence-corrected chi connectivity index (χ1v) is 11.9. The molecule has 0 radical (unpaired) electrons. The largest absolute Gasteiger partial charge is 0.497 e. The van der Waals surface area contributed by atoms with Gasteiger partial charge in [0.25, 0.3) is 15.9 Å². The van der Waals surface area contributed by atoms with Crippen LogP contribution >= 0.6 is 0 Å². The Labute approximate surface area is 194 Å². The van der Waals surface area contributed by atoms with Gasteiger partial charge in [0.1, 0.15) is 11.5 Å². The van der Waals surface area contributed by atoms with Crippen molar-refractivity contribution in [2.75, 3.05) is 17.1 Å². The van der Waals surface area contributed by atoms with Crippen molar-refractivity contribution >= 4 is 27.3 Å². The van der Waals surface area contributed by atoms with E-state index in [0.29, 0.717) is 22.7 Å². The van der Waals surface area contributed by atoms with E-state index < -0.39 is 15.9 Å². The second-order valence-corrected chi connectivity index (χ2v) is 9.59. The molecular formula is C25H28N2O5S. The highest BCUT2D eigenvalue weighted by Gasteiger charge is 2.19. The van der Waals surface area contributed by atoms with E-state index in [2.05, 4.69) is 10.0 Å². The Morgan fingerprint density at radius 2 is 1.55 bits per heavy atom. The number of carbonyl (C=O) groups is 1. The third-order valence-corrected chi connectivity index (χ3v) is 6.30. The lowest BCUT2D eigenvalue weighted by Crippen LogP contribution is -2.17. The van der Waals surface area contributed by atoms with Crippen LogP contribution in [0, 0.1) is 13.8 Å². The molecule has 0 aliphatic heterocycles. The molecule has 7 nitrogen and oxygen atoms in total. The number of anilines is 2. The number of ether oxygens (including phenoxy) is 2. The Balaban J connectivity index is 1.82.